The van der Waals surface area contributed by atoms with Crippen LogP contribution in [0.3, 0.4) is 0 Å². The van der Waals surface area contributed by atoms with Gasteiger partial charge in [0, 0.05) is 13.5 Å². The van der Waals surface area contributed by atoms with Crippen LogP contribution < -0.4 is 5.73 Å². The second-order valence-corrected chi connectivity index (χ2v) is 5.57. The van der Waals surface area contributed by atoms with Crippen molar-refractivity contribution in [1.82, 2.24) is 10.1 Å². The van der Waals surface area contributed by atoms with E-state index in [9.17, 15) is 0 Å². The second-order valence-electron chi connectivity index (χ2n) is 5.57. The van der Waals surface area contributed by atoms with Gasteiger partial charge in [0.15, 0.2) is 5.82 Å². The van der Waals surface area contributed by atoms with Gasteiger partial charge in [0.2, 0.25) is 5.89 Å². The van der Waals surface area contributed by atoms with Crippen molar-refractivity contribution in [2.24, 2.45) is 11.7 Å². The molecular weight excluding hydrogens is 230 g/mol. The highest BCUT2D eigenvalue weighted by atomic mass is 16.5. The summed E-state index contributed by atoms with van der Waals surface area (Å²) in [5.41, 5.74) is 5.41. The number of aromatic nitrogens is 2. The third-order valence-electron chi connectivity index (χ3n) is 3.61. The van der Waals surface area contributed by atoms with Crippen LogP contribution in [0.1, 0.15) is 50.7 Å². The topological polar surface area (TPSA) is 74.2 Å². The minimum atomic E-state index is -0.678. The molecule has 2 N–H and O–H groups in total. The SMILES string of the molecule is COCC(C)(N)c1noc(CC2CCCCC2)n1. The lowest BCUT2D eigenvalue weighted by atomic mass is 9.87. The van der Waals surface area contributed by atoms with Gasteiger partial charge in [-0.25, -0.2) is 0 Å². The van der Waals surface area contributed by atoms with Gasteiger partial charge in [0.1, 0.15) is 5.54 Å². The number of methoxy groups -OCH3 is 1. The molecule has 18 heavy (non-hydrogen) atoms. The minimum absolute atomic E-state index is 0.384. The smallest absolute Gasteiger partial charge is 0.226 e. The van der Waals surface area contributed by atoms with Gasteiger partial charge in [-0.1, -0.05) is 24.4 Å². The molecule has 0 radical (unpaired) electrons. The molecule has 1 aliphatic rings. The number of ether oxygens (including phenoxy) is 1. The molecule has 1 unspecified atom stereocenters. The van der Waals surface area contributed by atoms with E-state index in [1.165, 1.54) is 32.1 Å². The van der Waals surface area contributed by atoms with E-state index in [0.29, 0.717) is 24.2 Å². The molecule has 1 aromatic rings. The molecule has 0 spiro atoms. The summed E-state index contributed by atoms with van der Waals surface area (Å²) in [5.74, 6) is 1.94. The lowest BCUT2D eigenvalue weighted by molar-refractivity contribution is 0.135. The van der Waals surface area contributed by atoms with Gasteiger partial charge in [-0.3, -0.25) is 0 Å². The van der Waals surface area contributed by atoms with Crippen molar-refractivity contribution < 1.29 is 9.26 Å². The number of rotatable bonds is 5. The van der Waals surface area contributed by atoms with Crippen molar-refractivity contribution in [3.63, 3.8) is 0 Å². The molecule has 1 atom stereocenters. The summed E-state index contributed by atoms with van der Waals surface area (Å²) in [5, 5.41) is 3.98. The van der Waals surface area contributed by atoms with E-state index in [0.717, 1.165) is 6.42 Å². The van der Waals surface area contributed by atoms with E-state index < -0.39 is 5.54 Å². The Hall–Kier alpha value is -0.940. The molecule has 1 aromatic heterocycles. The van der Waals surface area contributed by atoms with Crippen molar-refractivity contribution in [3.8, 4) is 0 Å². The summed E-state index contributed by atoms with van der Waals surface area (Å²) >= 11 is 0. The molecule has 1 saturated carbocycles. The van der Waals surface area contributed by atoms with Crippen LogP contribution in [0.15, 0.2) is 4.52 Å². The third kappa shape index (κ3) is 3.29. The fourth-order valence-electron chi connectivity index (χ4n) is 2.57. The van der Waals surface area contributed by atoms with Crippen LogP contribution in [-0.2, 0) is 16.7 Å². The first kappa shape index (κ1) is 13.5. The Labute approximate surface area is 108 Å². The van der Waals surface area contributed by atoms with Gasteiger partial charge < -0.3 is 15.0 Å². The molecule has 0 aromatic carbocycles. The second kappa shape index (κ2) is 5.80. The van der Waals surface area contributed by atoms with E-state index in [1.54, 1.807) is 7.11 Å². The molecule has 1 fully saturated rings. The van der Waals surface area contributed by atoms with Crippen LogP contribution in [0.2, 0.25) is 0 Å². The molecule has 1 aliphatic carbocycles. The zero-order chi connectivity index (χ0) is 13.0. The van der Waals surface area contributed by atoms with Crippen LogP contribution in [0.5, 0.6) is 0 Å². The Balaban J connectivity index is 1.96. The zero-order valence-electron chi connectivity index (χ0n) is 11.3. The van der Waals surface area contributed by atoms with E-state index in [2.05, 4.69) is 10.1 Å². The van der Waals surface area contributed by atoms with Gasteiger partial charge in [-0.05, 0) is 25.7 Å². The van der Waals surface area contributed by atoms with E-state index in [1.807, 2.05) is 6.92 Å². The Bertz CT molecular complexity index is 370. The van der Waals surface area contributed by atoms with Crippen LogP contribution in [-0.4, -0.2) is 23.9 Å². The summed E-state index contributed by atoms with van der Waals surface area (Å²) in [6.07, 6.45) is 7.44. The maximum absolute atomic E-state index is 6.09. The van der Waals surface area contributed by atoms with Crippen molar-refractivity contribution in [2.75, 3.05) is 13.7 Å². The first-order valence-electron chi connectivity index (χ1n) is 6.72. The van der Waals surface area contributed by atoms with Gasteiger partial charge in [-0.2, -0.15) is 4.98 Å². The van der Waals surface area contributed by atoms with Gasteiger partial charge in [0.05, 0.1) is 6.61 Å². The van der Waals surface area contributed by atoms with Crippen molar-refractivity contribution in [2.45, 2.75) is 51.0 Å². The quantitative estimate of drug-likeness (QED) is 0.869. The van der Waals surface area contributed by atoms with Gasteiger partial charge >= 0.3 is 0 Å². The fraction of sp³-hybridized carbons (Fsp3) is 0.846. The van der Waals surface area contributed by atoms with Gasteiger partial charge in [0.25, 0.3) is 0 Å². The van der Waals surface area contributed by atoms with Crippen LogP contribution >= 0.6 is 0 Å². The summed E-state index contributed by atoms with van der Waals surface area (Å²) in [6, 6.07) is 0. The molecule has 0 amide bonds. The molecule has 0 bridgehead atoms. The average Bonchev–Trinajstić information content (AvgIpc) is 2.79. The highest BCUT2D eigenvalue weighted by Crippen LogP contribution is 2.26. The Kier molecular flexibility index (Phi) is 4.35. The normalized spacial score (nSPS) is 20.8. The van der Waals surface area contributed by atoms with Crippen LogP contribution in [0.25, 0.3) is 0 Å². The van der Waals surface area contributed by atoms with Crippen LogP contribution in [0.4, 0.5) is 0 Å². The zero-order valence-corrected chi connectivity index (χ0v) is 11.3. The number of hydrogen-bond acceptors (Lipinski definition) is 5. The predicted molar refractivity (Wildman–Crippen MR) is 68.0 cm³/mol. The summed E-state index contributed by atoms with van der Waals surface area (Å²) in [7, 11) is 1.62. The predicted octanol–water partition coefficient (Wildman–Crippen LogP) is 2.01. The fourth-order valence-corrected chi connectivity index (χ4v) is 2.57. The Morgan fingerprint density at radius 1 is 1.39 bits per heavy atom. The minimum Gasteiger partial charge on any atom is -0.382 e. The molecule has 102 valence electrons. The molecular formula is C13H23N3O2. The van der Waals surface area contributed by atoms with E-state index >= 15 is 0 Å². The number of nitrogens with two attached hydrogens (primary N) is 1. The Morgan fingerprint density at radius 3 is 2.78 bits per heavy atom. The molecule has 5 heteroatoms. The first-order chi connectivity index (χ1) is 8.62. The van der Waals surface area contributed by atoms with Crippen molar-refractivity contribution in [1.29, 1.82) is 0 Å². The average molecular weight is 253 g/mol. The van der Waals surface area contributed by atoms with Gasteiger partial charge in [-0.15, -0.1) is 0 Å². The lowest BCUT2D eigenvalue weighted by Gasteiger charge is -2.20. The summed E-state index contributed by atoms with van der Waals surface area (Å²) < 4.78 is 10.4. The van der Waals surface area contributed by atoms with E-state index in [4.69, 9.17) is 15.0 Å². The lowest BCUT2D eigenvalue weighted by Crippen LogP contribution is -2.39. The monoisotopic (exact) mass is 253 g/mol. The first-order valence-corrected chi connectivity index (χ1v) is 6.72. The van der Waals surface area contributed by atoms with Crippen molar-refractivity contribution >= 4 is 0 Å². The summed E-state index contributed by atoms with van der Waals surface area (Å²) in [6.45, 7) is 2.24. The Morgan fingerprint density at radius 2 is 2.11 bits per heavy atom. The largest absolute Gasteiger partial charge is 0.382 e. The molecule has 0 saturated heterocycles. The molecule has 5 nitrogen and oxygen atoms in total. The molecule has 2 rings (SSSR count). The molecule has 0 aliphatic heterocycles. The summed E-state index contributed by atoms with van der Waals surface area (Å²) in [4.78, 5) is 4.41. The maximum Gasteiger partial charge on any atom is 0.226 e. The van der Waals surface area contributed by atoms with Crippen molar-refractivity contribution in [3.05, 3.63) is 11.7 Å². The van der Waals surface area contributed by atoms with E-state index in [-0.39, 0.29) is 0 Å². The van der Waals surface area contributed by atoms with Crippen LogP contribution in [0, 0.1) is 5.92 Å². The number of nitrogens with zero attached hydrogens (tertiary/aromatic N) is 2. The number of hydrogen-bond donors (Lipinski definition) is 1. The third-order valence-corrected chi connectivity index (χ3v) is 3.61. The molecule has 1 heterocycles. The highest BCUT2D eigenvalue weighted by Gasteiger charge is 2.28. The highest BCUT2D eigenvalue weighted by molar-refractivity contribution is 5.02. The maximum atomic E-state index is 6.09. The standard InChI is InChI=1S/C13H23N3O2/c1-13(14,9-17-2)12-15-11(18-16-12)8-10-6-4-3-5-7-10/h10H,3-9,14H2,1-2H3.